The zero-order valence-corrected chi connectivity index (χ0v) is 15.4. The molecular formula is C20H22FN3O3. The first kappa shape index (κ1) is 20.1. The Kier molecular flexibility index (Phi) is 6.65. The molecule has 0 fully saturated rings. The number of carbonyl (C=O) groups is 3. The molecule has 2 aromatic rings. The summed E-state index contributed by atoms with van der Waals surface area (Å²) >= 11 is 0. The number of hydrazine groups is 1. The van der Waals surface area contributed by atoms with Crippen LogP contribution in [0.15, 0.2) is 48.5 Å². The molecule has 0 saturated carbocycles. The van der Waals surface area contributed by atoms with E-state index in [1.807, 2.05) is 6.07 Å². The van der Waals surface area contributed by atoms with Crippen LogP contribution in [0.2, 0.25) is 0 Å². The number of benzene rings is 2. The number of nitrogens with one attached hydrogen (secondary N) is 3. The van der Waals surface area contributed by atoms with Crippen molar-refractivity contribution < 1.29 is 18.8 Å². The Hall–Kier alpha value is -3.22. The van der Waals surface area contributed by atoms with Gasteiger partial charge in [0.15, 0.2) is 0 Å². The number of carbonyl (C=O) groups excluding carboxylic acids is 3. The third-order valence-electron chi connectivity index (χ3n) is 4.04. The highest BCUT2D eigenvalue weighted by atomic mass is 19.1. The van der Waals surface area contributed by atoms with Crippen LogP contribution in [0.5, 0.6) is 0 Å². The summed E-state index contributed by atoms with van der Waals surface area (Å²) in [5.41, 5.74) is 5.47. The van der Waals surface area contributed by atoms with Gasteiger partial charge in [-0.2, -0.15) is 0 Å². The lowest BCUT2D eigenvalue weighted by molar-refractivity contribution is -0.124. The molecule has 0 saturated heterocycles. The fourth-order valence-corrected chi connectivity index (χ4v) is 2.49. The zero-order valence-electron chi connectivity index (χ0n) is 15.4. The van der Waals surface area contributed by atoms with Crippen LogP contribution >= 0.6 is 0 Å². The van der Waals surface area contributed by atoms with E-state index in [2.05, 4.69) is 16.2 Å². The summed E-state index contributed by atoms with van der Waals surface area (Å²) in [5.74, 6) is -2.70. The minimum atomic E-state index is -0.877. The third kappa shape index (κ3) is 5.13. The number of halogens is 1. The summed E-state index contributed by atoms with van der Waals surface area (Å²) in [6.07, 6.45) is 0. The normalized spacial score (nSPS) is 11.6. The van der Waals surface area contributed by atoms with E-state index in [0.717, 1.165) is 11.6 Å². The monoisotopic (exact) mass is 371 g/mol. The summed E-state index contributed by atoms with van der Waals surface area (Å²) in [6, 6.07) is 11.6. The van der Waals surface area contributed by atoms with Gasteiger partial charge in [0.1, 0.15) is 11.9 Å². The van der Waals surface area contributed by atoms with Crippen molar-refractivity contribution in [2.75, 3.05) is 0 Å². The lowest BCUT2D eigenvalue weighted by atomic mass is 10.0. The lowest BCUT2D eigenvalue weighted by Crippen LogP contribution is -2.54. The molecule has 142 valence electrons. The van der Waals surface area contributed by atoms with Gasteiger partial charge in [0.05, 0.1) is 5.56 Å². The molecule has 0 aromatic heterocycles. The highest BCUT2D eigenvalue weighted by Gasteiger charge is 2.25. The van der Waals surface area contributed by atoms with Crippen LogP contribution in [0.25, 0.3) is 0 Å². The van der Waals surface area contributed by atoms with Gasteiger partial charge < -0.3 is 5.32 Å². The SMILES string of the molecule is Cc1ccccc1C(=O)N[C@H](C(=O)NNC(=O)c1ccccc1F)C(C)C. The van der Waals surface area contributed by atoms with E-state index in [0.29, 0.717) is 5.56 Å². The Morgan fingerprint density at radius 3 is 2.04 bits per heavy atom. The smallest absolute Gasteiger partial charge is 0.272 e. The Balaban J connectivity index is 2.03. The van der Waals surface area contributed by atoms with Gasteiger partial charge in [-0.3, -0.25) is 25.2 Å². The molecule has 7 heteroatoms. The highest BCUT2D eigenvalue weighted by molar-refractivity contribution is 5.99. The van der Waals surface area contributed by atoms with Gasteiger partial charge in [0.2, 0.25) is 0 Å². The van der Waals surface area contributed by atoms with Gasteiger partial charge in [0, 0.05) is 5.56 Å². The molecule has 2 rings (SSSR count). The van der Waals surface area contributed by atoms with Gasteiger partial charge >= 0.3 is 0 Å². The average Bonchev–Trinajstić information content (AvgIpc) is 2.64. The number of hydrogen-bond donors (Lipinski definition) is 3. The molecule has 27 heavy (non-hydrogen) atoms. The maximum Gasteiger partial charge on any atom is 0.272 e. The number of hydrogen-bond acceptors (Lipinski definition) is 3. The second-order valence-corrected chi connectivity index (χ2v) is 6.43. The van der Waals surface area contributed by atoms with Crippen LogP contribution in [0.4, 0.5) is 4.39 Å². The lowest BCUT2D eigenvalue weighted by Gasteiger charge is -2.22. The Bertz CT molecular complexity index is 852. The van der Waals surface area contributed by atoms with Crippen LogP contribution in [0.1, 0.15) is 40.1 Å². The molecular weight excluding hydrogens is 349 g/mol. The minimum absolute atomic E-state index is 0.192. The largest absolute Gasteiger partial charge is 0.340 e. The van der Waals surface area contributed by atoms with Crippen LogP contribution in [0.3, 0.4) is 0 Å². The summed E-state index contributed by atoms with van der Waals surface area (Å²) in [7, 11) is 0. The van der Waals surface area contributed by atoms with Crippen molar-refractivity contribution in [2.24, 2.45) is 5.92 Å². The second kappa shape index (κ2) is 8.93. The van der Waals surface area contributed by atoms with E-state index < -0.39 is 23.7 Å². The van der Waals surface area contributed by atoms with Crippen molar-refractivity contribution in [1.29, 1.82) is 0 Å². The predicted molar refractivity (Wildman–Crippen MR) is 99.3 cm³/mol. The van der Waals surface area contributed by atoms with Gasteiger partial charge in [-0.1, -0.05) is 44.2 Å². The molecule has 0 spiro atoms. The summed E-state index contributed by atoms with van der Waals surface area (Å²) in [4.78, 5) is 36.9. The van der Waals surface area contributed by atoms with Crippen molar-refractivity contribution in [3.05, 3.63) is 71.0 Å². The first-order valence-corrected chi connectivity index (χ1v) is 8.52. The van der Waals surface area contributed by atoms with E-state index in [9.17, 15) is 18.8 Å². The van der Waals surface area contributed by atoms with Crippen LogP contribution in [-0.2, 0) is 4.79 Å². The maximum atomic E-state index is 13.6. The molecule has 2 aromatic carbocycles. The molecule has 0 radical (unpaired) electrons. The zero-order chi connectivity index (χ0) is 20.0. The van der Waals surface area contributed by atoms with Crippen LogP contribution in [0, 0.1) is 18.7 Å². The van der Waals surface area contributed by atoms with E-state index >= 15 is 0 Å². The van der Waals surface area contributed by atoms with Crippen molar-refractivity contribution in [3.63, 3.8) is 0 Å². The van der Waals surface area contributed by atoms with Crippen LogP contribution < -0.4 is 16.2 Å². The molecule has 3 amide bonds. The van der Waals surface area contributed by atoms with E-state index in [-0.39, 0.29) is 17.4 Å². The van der Waals surface area contributed by atoms with Crippen molar-refractivity contribution in [1.82, 2.24) is 16.2 Å². The van der Waals surface area contributed by atoms with Gasteiger partial charge in [-0.05, 0) is 36.6 Å². The van der Waals surface area contributed by atoms with Crippen LogP contribution in [-0.4, -0.2) is 23.8 Å². The Labute approximate surface area is 157 Å². The predicted octanol–water partition coefficient (Wildman–Crippen LogP) is 2.35. The Morgan fingerprint density at radius 2 is 1.44 bits per heavy atom. The van der Waals surface area contributed by atoms with Gasteiger partial charge in [0.25, 0.3) is 17.7 Å². The first-order valence-electron chi connectivity index (χ1n) is 8.52. The summed E-state index contributed by atoms with van der Waals surface area (Å²) < 4.78 is 13.6. The first-order chi connectivity index (χ1) is 12.8. The van der Waals surface area contributed by atoms with Crippen molar-refractivity contribution >= 4 is 17.7 Å². The van der Waals surface area contributed by atoms with Gasteiger partial charge in [-0.15, -0.1) is 0 Å². The molecule has 6 nitrogen and oxygen atoms in total. The van der Waals surface area contributed by atoms with Crippen molar-refractivity contribution in [2.45, 2.75) is 26.8 Å². The molecule has 0 aliphatic rings. The highest BCUT2D eigenvalue weighted by Crippen LogP contribution is 2.09. The number of rotatable bonds is 5. The molecule has 3 N–H and O–H groups in total. The topological polar surface area (TPSA) is 87.3 Å². The standard InChI is InChI=1S/C20H22FN3O3/c1-12(2)17(22-18(25)14-9-5-4-8-13(14)3)20(27)24-23-19(26)15-10-6-7-11-16(15)21/h4-12,17H,1-3H3,(H,22,25)(H,23,26)(H,24,27)/t17-/m0/s1. The Morgan fingerprint density at radius 1 is 0.852 bits per heavy atom. The molecule has 0 unspecified atom stereocenters. The molecule has 0 bridgehead atoms. The average molecular weight is 371 g/mol. The molecule has 1 atom stereocenters. The third-order valence-corrected chi connectivity index (χ3v) is 4.04. The van der Waals surface area contributed by atoms with E-state index in [1.54, 1.807) is 39.0 Å². The maximum absolute atomic E-state index is 13.6. The summed E-state index contributed by atoms with van der Waals surface area (Å²) in [6.45, 7) is 5.33. The fraction of sp³-hybridized carbons (Fsp3) is 0.250. The second-order valence-electron chi connectivity index (χ2n) is 6.43. The summed E-state index contributed by atoms with van der Waals surface area (Å²) in [5, 5.41) is 2.67. The fourth-order valence-electron chi connectivity index (χ4n) is 2.49. The van der Waals surface area contributed by atoms with Gasteiger partial charge in [-0.25, -0.2) is 4.39 Å². The number of amides is 3. The van der Waals surface area contributed by atoms with E-state index in [4.69, 9.17) is 0 Å². The minimum Gasteiger partial charge on any atom is -0.340 e. The molecule has 0 aliphatic carbocycles. The van der Waals surface area contributed by atoms with E-state index in [1.165, 1.54) is 18.2 Å². The van der Waals surface area contributed by atoms with Crippen molar-refractivity contribution in [3.8, 4) is 0 Å². The molecule has 0 heterocycles. The quantitative estimate of drug-likeness (QED) is 0.705. The number of aryl methyl sites for hydroxylation is 1. The molecule has 0 aliphatic heterocycles.